The molecule has 30 heavy (non-hydrogen) atoms. The number of fused-ring (bicyclic) bond motifs is 2. The lowest BCUT2D eigenvalue weighted by Gasteiger charge is -2.16. The highest BCUT2D eigenvalue weighted by atomic mass is 16.7. The molecule has 156 valence electrons. The number of H-pyrrole nitrogens is 2. The number of aromatic nitrogens is 8. The van der Waals surface area contributed by atoms with E-state index in [4.69, 9.17) is 9.57 Å². The van der Waals surface area contributed by atoms with Gasteiger partial charge in [0.2, 0.25) is 5.95 Å². The first kappa shape index (κ1) is 18.5. The summed E-state index contributed by atoms with van der Waals surface area (Å²) in [7, 11) is 0. The molecule has 0 spiro atoms. The van der Waals surface area contributed by atoms with Gasteiger partial charge in [0, 0.05) is 0 Å². The van der Waals surface area contributed by atoms with Crippen molar-refractivity contribution in [3.63, 3.8) is 0 Å². The van der Waals surface area contributed by atoms with E-state index >= 15 is 0 Å². The number of hydrogen-bond acceptors (Lipinski definition) is 12. The Kier molecular flexibility index (Phi) is 4.57. The lowest BCUT2D eigenvalue weighted by Crippen LogP contribution is -2.36. The zero-order chi connectivity index (χ0) is 20.7. The molecule has 0 amide bonds. The highest BCUT2D eigenvalue weighted by Gasteiger charge is 2.44. The third-order valence-corrected chi connectivity index (χ3v) is 4.63. The summed E-state index contributed by atoms with van der Waals surface area (Å²) in [5.41, 5.74) is 6.18. The monoisotopic (exact) mass is 416 g/mol. The fourth-order valence-corrected chi connectivity index (χ4v) is 3.18. The molecule has 0 aliphatic carbocycles. The van der Waals surface area contributed by atoms with Crippen LogP contribution in [0.25, 0.3) is 22.3 Å². The molecule has 5 rings (SSSR count). The fraction of sp³-hybridized carbons (Fsp3) is 0.333. The number of hydrazine groups is 1. The van der Waals surface area contributed by atoms with Gasteiger partial charge in [-0.1, -0.05) is 0 Å². The van der Waals surface area contributed by atoms with E-state index in [9.17, 15) is 15.0 Å². The summed E-state index contributed by atoms with van der Waals surface area (Å²) in [6.45, 7) is -0.109. The van der Waals surface area contributed by atoms with Crippen LogP contribution in [0.5, 0.6) is 0 Å². The minimum atomic E-state index is -1.28. The van der Waals surface area contributed by atoms with Gasteiger partial charge in [-0.05, 0) is 0 Å². The number of anilines is 1. The molecule has 0 radical (unpaired) electrons. The molecule has 6 N–H and O–H groups in total. The number of imidazole rings is 2. The smallest absolute Gasteiger partial charge is 0.278 e. The van der Waals surface area contributed by atoms with Crippen LogP contribution in [0.3, 0.4) is 0 Å². The molecule has 0 unspecified atom stereocenters. The highest BCUT2D eigenvalue weighted by molar-refractivity contribution is 5.71. The second-order valence-corrected chi connectivity index (χ2v) is 6.49. The van der Waals surface area contributed by atoms with Crippen LogP contribution in [0, 0.1) is 0 Å². The third kappa shape index (κ3) is 3.15. The van der Waals surface area contributed by atoms with Crippen molar-refractivity contribution in [3.8, 4) is 0 Å². The van der Waals surface area contributed by atoms with Crippen LogP contribution in [0.4, 0.5) is 5.95 Å². The van der Waals surface area contributed by atoms with Gasteiger partial charge in [0.1, 0.15) is 30.2 Å². The van der Waals surface area contributed by atoms with E-state index in [1.165, 1.54) is 23.5 Å². The molecule has 5 heterocycles. The standard InChI is InChI=1S/C15H16N10O5/c26-9-7(2-29-24-23-15-21-6-1-16-3-17-11(6)22-15)30-14(10(9)27)25-5-20-8-12(25)18-4-19-13(8)28/h1,3-5,7,9-10,14,24,26-27H,2H2,(H,18,19,28)(H2,16,17,21,22,23)/t7-,9-,10-,14-/m1/s1. The molecule has 0 bridgehead atoms. The van der Waals surface area contributed by atoms with Crippen LogP contribution in [0.15, 0.2) is 30.0 Å². The molecule has 15 nitrogen and oxygen atoms in total. The van der Waals surface area contributed by atoms with Crippen molar-refractivity contribution in [2.75, 3.05) is 12.0 Å². The Bertz CT molecular complexity index is 1200. The summed E-state index contributed by atoms with van der Waals surface area (Å²) in [5.74, 6) is 0.345. The van der Waals surface area contributed by atoms with E-state index in [-0.39, 0.29) is 17.8 Å². The Hall–Kier alpha value is -3.50. The summed E-state index contributed by atoms with van der Waals surface area (Å²) in [5, 5.41) is 20.7. The van der Waals surface area contributed by atoms with Gasteiger partial charge in [0.25, 0.3) is 5.56 Å². The van der Waals surface area contributed by atoms with E-state index in [2.05, 4.69) is 45.9 Å². The van der Waals surface area contributed by atoms with Crippen molar-refractivity contribution in [3.05, 3.63) is 35.5 Å². The molecule has 4 atom stereocenters. The SMILES string of the molecule is O=c1[nH]cnc2c1ncn2[C@@H]1O[C@H](CONNc2nc3ncncc3[nH]2)[C@@H](O)[C@H]1O. The van der Waals surface area contributed by atoms with Crippen molar-refractivity contribution >= 4 is 28.3 Å². The van der Waals surface area contributed by atoms with Crippen LogP contribution >= 0.6 is 0 Å². The molecular weight excluding hydrogens is 400 g/mol. The Labute approximate surface area is 166 Å². The van der Waals surface area contributed by atoms with E-state index in [1.54, 1.807) is 6.20 Å². The maximum absolute atomic E-state index is 11.8. The van der Waals surface area contributed by atoms with Gasteiger partial charge in [-0.3, -0.25) is 19.6 Å². The molecule has 1 saturated heterocycles. The quantitative estimate of drug-likeness (QED) is 0.149. The normalized spacial score (nSPS) is 24.1. The summed E-state index contributed by atoms with van der Waals surface area (Å²) < 4.78 is 7.10. The minimum absolute atomic E-state index is 0.101. The van der Waals surface area contributed by atoms with Crippen molar-refractivity contribution in [2.24, 2.45) is 0 Å². The summed E-state index contributed by atoms with van der Waals surface area (Å²) >= 11 is 0. The van der Waals surface area contributed by atoms with E-state index < -0.39 is 30.1 Å². The van der Waals surface area contributed by atoms with Crippen LogP contribution in [0.2, 0.25) is 0 Å². The lowest BCUT2D eigenvalue weighted by molar-refractivity contribution is -0.0821. The molecule has 15 heteroatoms. The van der Waals surface area contributed by atoms with E-state index in [0.29, 0.717) is 17.1 Å². The number of ether oxygens (including phenoxy) is 1. The zero-order valence-corrected chi connectivity index (χ0v) is 15.1. The summed E-state index contributed by atoms with van der Waals surface area (Å²) in [4.78, 5) is 42.5. The highest BCUT2D eigenvalue weighted by Crippen LogP contribution is 2.30. The average Bonchev–Trinajstić information content (AvgIpc) is 3.43. The number of aromatic amines is 2. The predicted molar refractivity (Wildman–Crippen MR) is 98.5 cm³/mol. The predicted octanol–water partition coefficient (Wildman–Crippen LogP) is -2.05. The Morgan fingerprint density at radius 1 is 1.27 bits per heavy atom. The molecule has 0 saturated carbocycles. The Morgan fingerprint density at radius 3 is 3.03 bits per heavy atom. The topological polar surface area (TPSA) is 201 Å². The van der Waals surface area contributed by atoms with Gasteiger partial charge >= 0.3 is 0 Å². The number of hydrogen-bond donors (Lipinski definition) is 6. The maximum atomic E-state index is 11.8. The second kappa shape index (κ2) is 7.39. The van der Waals surface area contributed by atoms with Gasteiger partial charge in [-0.2, -0.15) is 4.98 Å². The first-order valence-electron chi connectivity index (χ1n) is 8.82. The number of nitrogens with one attached hydrogen (secondary N) is 4. The average molecular weight is 416 g/mol. The Balaban J connectivity index is 1.21. The maximum Gasteiger partial charge on any atom is 0.278 e. The van der Waals surface area contributed by atoms with Gasteiger partial charge < -0.3 is 24.9 Å². The van der Waals surface area contributed by atoms with Crippen LogP contribution in [0.1, 0.15) is 6.23 Å². The van der Waals surface area contributed by atoms with Crippen LogP contribution in [-0.2, 0) is 9.57 Å². The largest absolute Gasteiger partial charge is 0.387 e. The molecule has 0 aromatic carbocycles. The first-order valence-corrected chi connectivity index (χ1v) is 8.82. The second-order valence-electron chi connectivity index (χ2n) is 6.49. The molecule has 1 aliphatic rings. The van der Waals surface area contributed by atoms with Crippen LogP contribution in [-0.4, -0.2) is 74.6 Å². The summed E-state index contributed by atoms with van der Waals surface area (Å²) in [6, 6.07) is 0. The van der Waals surface area contributed by atoms with Crippen molar-refractivity contribution < 1.29 is 19.8 Å². The number of aliphatic hydroxyl groups is 2. The number of rotatable bonds is 6. The van der Waals surface area contributed by atoms with Crippen molar-refractivity contribution in [1.82, 2.24) is 45.0 Å². The van der Waals surface area contributed by atoms with Gasteiger partial charge in [-0.15, -0.1) is 5.59 Å². The fourth-order valence-electron chi connectivity index (χ4n) is 3.18. The van der Waals surface area contributed by atoms with Gasteiger partial charge in [0.15, 0.2) is 23.0 Å². The van der Waals surface area contributed by atoms with E-state index in [0.717, 1.165) is 0 Å². The van der Waals surface area contributed by atoms with Crippen molar-refractivity contribution in [1.29, 1.82) is 0 Å². The van der Waals surface area contributed by atoms with Gasteiger partial charge in [0.05, 0.1) is 25.5 Å². The zero-order valence-electron chi connectivity index (χ0n) is 15.1. The first-order chi connectivity index (χ1) is 14.6. The number of aliphatic hydroxyl groups excluding tert-OH is 2. The molecular formula is C15H16N10O5. The summed E-state index contributed by atoms with van der Waals surface area (Å²) in [6.07, 6.45) is 1.13. The Morgan fingerprint density at radius 2 is 2.17 bits per heavy atom. The van der Waals surface area contributed by atoms with E-state index in [1.807, 2.05) is 0 Å². The third-order valence-electron chi connectivity index (χ3n) is 4.63. The van der Waals surface area contributed by atoms with Crippen molar-refractivity contribution in [2.45, 2.75) is 24.5 Å². The molecule has 1 aliphatic heterocycles. The molecule has 4 aromatic rings. The molecule has 4 aromatic heterocycles. The van der Waals surface area contributed by atoms with Crippen LogP contribution < -0.4 is 16.6 Å². The lowest BCUT2D eigenvalue weighted by atomic mass is 10.1. The molecule has 1 fully saturated rings. The van der Waals surface area contributed by atoms with Gasteiger partial charge in [-0.25, -0.2) is 19.9 Å². The minimum Gasteiger partial charge on any atom is -0.387 e. The number of nitrogens with zero attached hydrogens (tertiary/aromatic N) is 6.